The molecule has 0 radical (unpaired) electrons. The Labute approximate surface area is 99.0 Å². The third kappa shape index (κ3) is 3.53. The number of carboxylic acids is 1. The first-order valence-electron chi connectivity index (χ1n) is 5.06. The second kappa shape index (κ2) is 5.36. The Kier molecular flexibility index (Phi) is 4.37. The number of hydrogen-bond acceptors (Lipinski definition) is 4. The van der Waals surface area contributed by atoms with Gasteiger partial charge >= 0.3 is 5.97 Å². The number of thioether (sulfide) groups is 1. The third-order valence-electron chi connectivity index (χ3n) is 2.34. The highest BCUT2D eigenvalue weighted by Gasteiger charge is 2.26. The van der Waals surface area contributed by atoms with Crippen molar-refractivity contribution in [1.29, 1.82) is 0 Å². The van der Waals surface area contributed by atoms with E-state index in [1.165, 1.54) is 0 Å². The first kappa shape index (κ1) is 13.1. The number of aliphatic carboxylic acids is 1. The summed E-state index contributed by atoms with van der Waals surface area (Å²) in [6.07, 6.45) is 4.86. The Balaban J connectivity index is 2.27. The van der Waals surface area contributed by atoms with Crippen LogP contribution in [0.15, 0.2) is 17.6 Å². The molecule has 0 aliphatic carbocycles. The van der Waals surface area contributed by atoms with Crippen LogP contribution in [0.1, 0.15) is 19.8 Å². The summed E-state index contributed by atoms with van der Waals surface area (Å²) in [5.74, 6) is -0.125. The van der Waals surface area contributed by atoms with Gasteiger partial charge < -0.3 is 15.4 Å². The van der Waals surface area contributed by atoms with Crippen molar-refractivity contribution in [3.05, 3.63) is 12.4 Å². The molecule has 0 amide bonds. The smallest absolute Gasteiger partial charge is 0.323 e. The molecule has 1 heterocycles. The topological polar surface area (TPSA) is 81.1 Å². The Hall–Kier alpha value is -1.01. The molecular weight excluding hydrogens is 226 g/mol. The van der Waals surface area contributed by atoms with E-state index in [2.05, 4.69) is 4.98 Å². The van der Waals surface area contributed by atoms with Gasteiger partial charge in [0.1, 0.15) is 5.54 Å². The van der Waals surface area contributed by atoms with Gasteiger partial charge in [0.25, 0.3) is 0 Å². The maximum Gasteiger partial charge on any atom is 0.323 e. The van der Waals surface area contributed by atoms with Crippen LogP contribution in [0.25, 0.3) is 0 Å². The first-order valence-corrected chi connectivity index (χ1v) is 6.04. The summed E-state index contributed by atoms with van der Waals surface area (Å²) in [7, 11) is 1.93. The lowest BCUT2D eigenvalue weighted by atomic mass is 9.98. The van der Waals surface area contributed by atoms with Crippen molar-refractivity contribution in [3.63, 3.8) is 0 Å². The summed E-state index contributed by atoms with van der Waals surface area (Å²) in [4.78, 5) is 14.9. The molecule has 0 fully saturated rings. The third-order valence-corrected chi connectivity index (χ3v) is 3.48. The van der Waals surface area contributed by atoms with Crippen molar-refractivity contribution < 1.29 is 9.90 Å². The molecule has 0 aromatic carbocycles. The number of aryl methyl sites for hydroxylation is 1. The molecule has 3 N–H and O–H groups in total. The summed E-state index contributed by atoms with van der Waals surface area (Å²) in [6, 6.07) is 0. The Bertz CT molecular complexity index is 363. The molecule has 0 aliphatic heterocycles. The zero-order valence-electron chi connectivity index (χ0n) is 9.51. The Morgan fingerprint density at radius 1 is 1.75 bits per heavy atom. The van der Waals surface area contributed by atoms with Crippen molar-refractivity contribution in [3.8, 4) is 0 Å². The fraction of sp³-hybridized carbons (Fsp3) is 0.600. The zero-order valence-corrected chi connectivity index (χ0v) is 10.3. The van der Waals surface area contributed by atoms with Gasteiger partial charge in [-0.25, -0.2) is 4.98 Å². The first-order chi connectivity index (χ1) is 7.43. The van der Waals surface area contributed by atoms with Crippen LogP contribution in [0, 0.1) is 0 Å². The van der Waals surface area contributed by atoms with Gasteiger partial charge in [0.15, 0.2) is 5.16 Å². The second-order valence-corrected chi connectivity index (χ2v) is 5.06. The number of aromatic nitrogens is 2. The molecule has 1 unspecified atom stereocenters. The van der Waals surface area contributed by atoms with Crippen molar-refractivity contribution >= 4 is 17.7 Å². The van der Waals surface area contributed by atoms with E-state index >= 15 is 0 Å². The fourth-order valence-electron chi connectivity index (χ4n) is 1.20. The minimum absolute atomic E-state index is 0.472. The lowest BCUT2D eigenvalue weighted by Gasteiger charge is -2.18. The fourth-order valence-corrected chi connectivity index (χ4v) is 2.07. The molecular formula is C10H17N3O2S. The quantitative estimate of drug-likeness (QED) is 0.577. The van der Waals surface area contributed by atoms with Crippen molar-refractivity contribution in [2.24, 2.45) is 12.8 Å². The highest BCUT2D eigenvalue weighted by molar-refractivity contribution is 7.99. The van der Waals surface area contributed by atoms with E-state index < -0.39 is 11.5 Å². The summed E-state index contributed by atoms with van der Waals surface area (Å²) < 4.78 is 1.93. The second-order valence-electron chi connectivity index (χ2n) is 4.00. The van der Waals surface area contributed by atoms with Crippen molar-refractivity contribution in [1.82, 2.24) is 9.55 Å². The summed E-state index contributed by atoms with van der Waals surface area (Å²) in [5, 5.41) is 9.76. The Morgan fingerprint density at radius 2 is 2.44 bits per heavy atom. The molecule has 5 nitrogen and oxygen atoms in total. The van der Waals surface area contributed by atoms with Crippen LogP contribution in [0.3, 0.4) is 0 Å². The summed E-state index contributed by atoms with van der Waals surface area (Å²) >= 11 is 1.61. The summed E-state index contributed by atoms with van der Waals surface area (Å²) in [5.41, 5.74) is 4.50. The number of rotatable bonds is 6. The van der Waals surface area contributed by atoms with Gasteiger partial charge in [-0.1, -0.05) is 11.8 Å². The molecule has 1 atom stereocenters. The number of hydrogen-bond donors (Lipinski definition) is 2. The number of carboxylic acid groups (broad SMARTS) is 1. The molecule has 0 spiro atoms. The van der Waals surface area contributed by atoms with Crippen LogP contribution in [-0.2, 0) is 11.8 Å². The van der Waals surface area contributed by atoms with Gasteiger partial charge in [0.2, 0.25) is 0 Å². The van der Waals surface area contributed by atoms with E-state index in [1.54, 1.807) is 24.9 Å². The standard InChI is InChI=1S/C10H17N3O2S/c1-10(11,8(14)15)4-3-7-16-9-12-5-6-13(9)2/h5-6H,3-4,7,11H2,1-2H3,(H,14,15). The van der Waals surface area contributed by atoms with E-state index in [1.807, 2.05) is 17.8 Å². The SMILES string of the molecule is Cn1ccnc1SCCCC(C)(N)C(=O)O. The minimum atomic E-state index is -1.12. The predicted octanol–water partition coefficient (Wildman–Crippen LogP) is 1.09. The molecule has 0 aliphatic rings. The molecule has 1 aromatic rings. The van der Waals surface area contributed by atoms with Gasteiger partial charge in [-0.15, -0.1) is 0 Å². The van der Waals surface area contributed by atoms with Crippen LogP contribution in [0.5, 0.6) is 0 Å². The molecule has 0 bridgehead atoms. The van der Waals surface area contributed by atoms with Crippen LogP contribution < -0.4 is 5.73 Å². The molecule has 1 rings (SSSR count). The maximum absolute atomic E-state index is 10.7. The number of carbonyl (C=O) groups is 1. The van der Waals surface area contributed by atoms with Crippen molar-refractivity contribution in [2.45, 2.75) is 30.5 Å². The average Bonchev–Trinajstić information content (AvgIpc) is 2.59. The van der Waals surface area contributed by atoms with Crippen LogP contribution in [0.4, 0.5) is 0 Å². The minimum Gasteiger partial charge on any atom is -0.480 e. The molecule has 6 heteroatoms. The van der Waals surface area contributed by atoms with E-state index in [0.717, 1.165) is 17.3 Å². The van der Waals surface area contributed by atoms with Crippen LogP contribution in [0.2, 0.25) is 0 Å². The zero-order chi connectivity index (χ0) is 12.2. The molecule has 1 aromatic heterocycles. The largest absolute Gasteiger partial charge is 0.480 e. The molecule has 0 saturated heterocycles. The van der Waals surface area contributed by atoms with Crippen LogP contribution >= 0.6 is 11.8 Å². The summed E-state index contributed by atoms with van der Waals surface area (Å²) in [6.45, 7) is 1.54. The number of nitrogens with zero attached hydrogens (tertiary/aromatic N) is 2. The van der Waals surface area contributed by atoms with Gasteiger partial charge in [0.05, 0.1) is 0 Å². The van der Waals surface area contributed by atoms with Crippen molar-refractivity contribution in [2.75, 3.05) is 5.75 Å². The van der Waals surface area contributed by atoms with E-state index in [0.29, 0.717) is 6.42 Å². The average molecular weight is 243 g/mol. The predicted molar refractivity (Wildman–Crippen MR) is 63.4 cm³/mol. The van der Waals surface area contributed by atoms with E-state index in [-0.39, 0.29) is 0 Å². The van der Waals surface area contributed by atoms with E-state index in [4.69, 9.17) is 10.8 Å². The molecule has 0 saturated carbocycles. The lowest BCUT2D eigenvalue weighted by Crippen LogP contribution is -2.44. The number of nitrogens with two attached hydrogens (primary N) is 1. The monoisotopic (exact) mass is 243 g/mol. The van der Waals surface area contributed by atoms with Gasteiger partial charge in [-0.3, -0.25) is 4.79 Å². The highest BCUT2D eigenvalue weighted by atomic mass is 32.2. The highest BCUT2D eigenvalue weighted by Crippen LogP contribution is 2.18. The molecule has 16 heavy (non-hydrogen) atoms. The Morgan fingerprint density at radius 3 is 2.94 bits per heavy atom. The number of imidazole rings is 1. The normalized spacial score (nSPS) is 14.7. The van der Waals surface area contributed by atoms with Gasteiger partial charge in [-0.05, 0) is 19.8 Å². The van der Waals surface area contributed by atoms with Gasteiger partial charge in [0, 0.05) is 25.2 Å². The van der Waals surface area contributed by atoms with Gasteiger partial charge in [-0.2, -0.15) is 0 Å². The lowest BCUT2D eigenvalue weighted by molar-refractivity contribution is -0.142. The molecule has 90 valence electrons. The van der Waals surface area contributed by atoms with Crippen LogP contribution in [-0.4, -0.2) is 31.9 Å². The van der Waals surface area contributed by atoms with E-state index in [9.17, 15) is 4.79 Å². The maximum atomic E-state index is 10.7.